The van der Waals surface area contributed by atoms with Crippen LogP contribution in [0.1, 0.15) is 68.2 Å². The second-order valence-corrected chi connectivity index (χ2v) is 1.71. The smallest absolute Gasteiger partial charge is 0.0195 e. The zero-order chi connectivity index (χ0) is 10.1. The molecule has 2 N–H and O–H groups in total. The van der Waals surface area contributed by atoms with Crippen LogP contribution in [-0.2, 0) is 0 Å². The normalized spacial score (nSPS) is 5.00. The quantitative estimate of drug-likeness (QED) is 0.632. The predicted molar refractivity (Wildman–Crippen MR) is 64.7 cm³/mol. The van der Waals surface area contributed by atoms with Gasteiger partial charge < -0.3 is 5.73 Å². The maximum atomic E-state index is 4.50. The predicted octanol–water partition coefficient (Wildman–Crippen LogP) is 4.46. The van der Waals surface area contributed by atoms with Crippen molar-refractivity contribution in [3.63, 3.8) is 0 Å². The molecule has 0 saturated carbocycles. The molecule has 0 unspecified atom stereocenters. The summed E-state index contributed by atoms with van der Waals surface area (Å²) in [5.74, 6) is 0. The molecule has 0 aliphatic carbocycles. The molecule has 0 aromatic rings. The molecule has 0 aliphatic rings. The summed E-state index contributed by atoms with van der Waals surface area (Å²) in [6, 6.07) is 0. The fourth-order valence-corrected chi connectivity index (χ4v) is 0. The number of hydrogen-bond acceptors (Lipinski definition) is 1. The van der Waals surface area contributed by atoms with Crippen molar-refractivity contribution in [2.45, 2.75) is 68.2 Å². The standard InChI is InChI=1S/C4H10.C3H8.C2H6.CH5N.CH4/c1-3-4-2;1-3-2;2*1-2;/h3-4H2,1-2H3;3H2,1-2H3;1-2H3;2H2,1H3;1H4. The second kappa shape index (κ2) is 124. The first-order valence-electron chi connectivity index (χ1n) is 4.91. The Morgan fingerprint density at radius 1 is 0.750 bits per heavy atom. The highest BCUT2D eigenvalue weighted by molar-refractivity contribution is 4.12. The van der Waals surface area contributed by atoms with Crippen LogP contribution >= 0.6 is 0 Å². The molecule has 1 nitrogen and oxygen atoms in total. The van der Waals surface area contributed by atoms with E-state index in [1.165, 1.54) is 26.3 Å². The molecule has 0 rings (SSSR count). The average molecular weight is 179 g/mol. The van der Waals surface area contributed by atoms with Crippen molar-refractivity contribution in [2.24, 2.45) is 5.73 Å². The summed E-state index contributed by atoms with van der Waals surface area (Å²) in [7, 11) is 1.50. The molecule has 12 heavy (non-hydrogen) atoms. The summed E-state index contributed by atoms with van der Waals surface area (Å²) < 4.78 is 0. The van der Waals surface area contributed by atoms with Gasteiger partial charge in [-0.1, -0.05) is 68.2 Å². The Kier molecular flexibility index (Phi) is 307. The van der Waals surface area contributed by atoms with Gasteiger partial charge in [-0.3, -0.25) is 0 Å². The molecule has 82 valence electrons. The zero-order valence-corrected chi connectivity index (χ0v) is 9.70. The molecule has 0 bridgehead atoms. The van der Waals surface area contributed by atoms with Crippen LogP contribution < -0.4 is 5.73 Å². The summed E-state index contributed by atoms with van der Waals surface area (Å²) in [5, 5.41) is 0. The molecule has 0 saturated heterocycles. The van der Waals surface area contributed by atoms with Gasteiger partial charge in [0.05, 0.1) is 0 Å². The van der Waals surface area contributed by atoms with Gasteiger partial charge in [0.1, 0.15) is 0 Å². The number of unbranched alkanes of at least 4 members (excludes halogenated alkanes) is 1. The van der Waals surface area contributed by atoms with Crippen LogP contribution in [0.4, 0.5) is 0 Å². The third-order valence-corrected chi connectivity index (χ3v) is 0.500. The number of rotatable bonds is 1. The average Bonchev–Trinajstić information content (AvgIpc) is 2.12. The van der Waals surface area contributed by atoms with Crippen molar-refractivity contribution in [2.75, 3.05) is 7.05 Å². The first-order valence-corrected chi connectivity index (χ1v) is 4.91. The van der Waals surface area contributed by atoms with Gasteiger partial charge in [0.25, 0.3) is 0 Å². The van der Waals surface area contributed by atoms with E-state index in [1.54, 1.807) is 0 Å². The highest BCUT2D eigenvalue weighted by Crippen LogP contribution is 1.76. The lowest BCUT2D eigenvalue weighted by Crippen LogP contribution is -1.69. The van der Waals surface area contributed by atoms with Crippen LogP contribution in [0.2, 0.25) is 0 Å². The number of hydrogen-bond donors (Lipinski definition) is 1. The fraction of sp³-hybridized carbons (Fsp3) is 1.00. The van der Waals surface area contributed by atoms with Gasteiger partial charge in [-0.2, -0.15) is 0 Å². The van der Waals surface area contributed by atoms with Crippen LogP contribution in [0, 0.1) is 0 Å². The van der Waals surface area contributed by atoms with E-state index in [0.717, 1.165) is 0 Å². The number of nitrogens with two attached hydrogens (primary N) is 1. The van der Waals surface area contributed by atoms with Crippen molar-refractivity contribution in [1.82, 2.24) is 0 Å². The van der Waals surface area contributed by atoms with E-state index in [1.807, 2.05) is 13.8 Å². The minimum absolute atomic E-state index is 0. The molecule has 0 heterocycles. The van der Waals surface area contributed by atoms with Crippen molar-refractivity contribution in [1.29, 1.82) is 0 Å². The minimum atomic E-state index is 0. The lowest BCUT2D eigenvalue weighted by molar-refractivity contribution is 0.886. The molecule has 1 heteroatoms. The third kappa shape index (κ3) is 868. The molecule has 0 atom stereocenters. The highest BCUT2D eigenvalue weighted by Gasteiger charge is 1.56. The lowest BCUT2D eigenvalue weighted by atomic mass is 10.4. The summed E-state index contributed by atoms with van der Waals surface area (Å²) in [6.45, 7) is 12.6. The van der Waals surface area contributed by atoms with E-state index < -0.39 is 0 Å². The molecule has 0 aromatic heterocycles. The van der Waals surface area contributed by atoms with Gasteiger partial charge in [0.15, 0.2) is 0 Å². The van der Waals surface area contributed by atoms with E-state index in [9.17, 15) is 0 Å². The minimum Gasteiger partial charge on any atom is -0.333 e. The Hall–Kier alpha value is -0.0400. The van der Waals surface area contributed by atoms with E-state index in [2.05, 4.69) is 33.4 Å². The monoisotopic (exact) mass is 179 g/mol. The molecular formula is C11H33N. The first kappa shape index (κ1) is 29.7. The van der Waals surface area contributed by atoms with E-state index >= 15 is 0 Å². The van der Waals surface area contributed by atoms with Crippen LogP contribution in [0.5, 0.6) is 0 Å². The summed E-state index contributed by atoms with van der Waals surface area (Å²) in [5.41, 5.74) is 4.50. The molecule has 0 amide bonds. The van der Waals surface area contributed by atoms with E-state index in [0.29, 0.717) is 0 Å². The van der Waals surface area contributed by atoms with Crippen LogP contribution in [-0.4, -0.2) is 7.05 Å². The van der Waals surface area contributed by atoms with Gasteiger partial charge >= 0.3 is 0 Å². The first-order chi connectivity index (χ1) is 5.33. The van der Waals surface area contributed by atoms with Crippen molar-refractivity contribution >= 4 is 0 Å². The van der Waals surface area contributed by atoms with Gasteiger partial charge in [-0.25, -0.2) is 0 Å². The van der Waals surface area contributed by atoms with Crippen molar-refractivity contribution in [3.05, 3.63) is 0 Å². The van der Waals surface area contributed by atoms with Crippen LogP contribution in [0.15, 0.2) is 0 Å². The molecule has 0 aromatic carbocycles. The summed E-state index contributed by atoms with van der Waals surface area (Å²) in [4.78, 5) is 0. The Bertz CT molecular complexity index is 12.5. The molecule has 0 aliphatic heterocycles. The molecule has 0 spiro atoms. The summed E-state index contributed by atoms with van der Waals surface area (Å²) >= 11 is 0. The zero-order valence-electron chi connectivity index (χ0n) is 9.70. The lowest BCUT2D eigenvalue weighted by Gasteiger charge is -1.68. The van der Waals surface area contributed by atoms with Gasteiger partial charge in [0, 0.05) is 0 Å². The van der Waals surface area contributed by atoms with Gasteiger partial charge in [0.2, 0.25) is 0 Å². The Morgan fingerprint density at radius 3 is 0.833 bits per heavy atom. The Labute approximate surface area is 81.8 Å². The third-order valence-electron chi connectivity index (χ3n) is 0.500. The van der Waals surface area contributed by atoms with Crippen molar-refractivity contribution in [3.8, 4) is 0 Å². The largest absolute Gasteiger partial charge is 0.333 e. The molecule has 0 radical (unpaired) electrons. The van der Waals surface area contributed by atoms with Gasteiger partial charge in [-0.05, 0) is 7.05 Å². The Balaban J connectivity index is -0.0000000186. The highest BCUT2D eigenvalue weighted by atomic mass is 14.4. The van der Waals surface area contributed by atoms with E-state index in [4.69, 9.17) is 0 Å². The molecular weight excluding hydrogens is 146 g/mol. The van der Waals surface area contributed by atoms with Crippen LogP contribution in [0.3, 0.4) is 0 Å². The maximum Gasteiger partial charge on any atom is -0.0195 e. The SMILES string of the molecule is C.CC.CCC.CCCC.CN. The fourth-order valence-electron chi connectivity index (χ4n) is 0. The summed E-state index contributed by atoms with van der Waals surface area (Å²) in [6.07, 6.45) is 3.89. The second-order valence-electron chi connectivity index (χ2n) is 1.71. The van der Waals surface area contributed by atoms with Crippen LogP contribution in [0.25, 0.3) is 0 Å². The molecule has 0 fully saturated rings. The Morgan fingerprint density at radius 2 is 0.833 bits per heavy atom. The topological polar surface area (TPSA) is 26.0 Å². The van der Waals surface area contributed by atoms with E-state index in [-0.39, 0.29) is 7.43 Å². The van der Waals surface area contributed by atoms with Gasteiger partial charge in [-0.15, -0.1) is 0 Å². The van der Waals surface area contributed by atoms with Crippen molar-refractivity contribution < 1.29 is 0 Å². The maximum absolute atomic E-state index is 4.50.